The van der Waals surface area contributed by atoms with Gasteiger partial charge < -0.3 is 10.2 Å². The van der Waals surface area contributed by atoms with Gasteiger partial charge in [0.15, 0.2) is 0 Å². The normalized spacial score (nSPS) is 38.7. The van der Waals surface area contributed by atoms with Crippen LogP contribution >= 0.6 is 0 Å². The first-order chi connectivity index (χ1) is 10.7. The summed E-state index contributed by atoms with van der Waals surface area (Å²) in [6, 6.07) is 0.798. The van der Waals surface area contributed by atoms with E-state index in [0.717, 1.165) is 18.8 Å². The van der Waals surface area contributed by atoms with Gasteiger partial charge in [-0.2, -0.15) is 0 Å². The highest BCUT2D eigenvalue weighted by Crippen LogP contribution is 2.47. The van der Waals surface area contributed by atoms with Crippen LogP contribution in [0.15, 0.2) is 0 Å². The minimum atomic E-state index is -0.103. The molecule has 22 heavy (non-hydrogen) atoms. The average molecular weight is 304 g/mol. The Hall–Kier alpha value is -1.06. The van der Waals surface area contributed by atoms with Crippen molar-refractivity contribution in [3.8, 4) is 0 Å². The van der Waals surface area contributed by atoms with Crippen molar-refractivity contribution in [3.05, 3.63) is 0 Å². The number of likely N-dealkylation sites (tertiary alicyclic amines) is 1. The average Bonchev–Trinajstić information content (AvgIpc) is 3.23. The van der Waals surface area contributed by atoms with Gasteiger partial charge in [0.2, 0.25) is 11.8 Å². The molecule has 1 N–H and O–H groups in total. The summed E-state index contributed by atoms with van der Waals surface area (Å²) >= 11 is 0. The van der Waals surface area contributed by atoms with Gasteiger partial charge in [-0.3, -0.25) is 9.59 Å². The molecule has 122 valence electrons. The molecule has 0 aromatic carbocycles. The lowest BCUT2D eigenvalue weighted by Crippen LogP contribution is -2.43. The molecule has 4 aliphatic rings. The van der Waals surface area contributed by atoms with E-state index in [4.69, 9.17) is 0 Å². The molecule has 1 saturated heterocycles. The third-order valence-electron chi connectivity index (χ3n) is 6.58. The topological polar surface area (TPSA) is 49.4 Å². The Kier molecular flexibility index (Phi) is 3.87. The lowest BCUT2D eigenvalue weighted by atomic mass is 9.94. The highest BCUT2D eigenvalue weighted by molar-refractivity contribution is 5.89. The van der Waals surface area contributed by atoms with E-state index in [0.29, 0.717) is 31.0 Å². The van der Waals surface area contributed by atoms with Crippen LogP contribution in [-0.4, -0.2) is 35.3 Å². The molecule has 4 atom stereocenters. The van der Waals surface area contributed by atoms with Gasteiger partial charge in [0.05, 0.1) is 5.92 Å². The van der Waals surface area contributed by atoms with Crippen molar-refractivity contribution in [2.75, 3.05) is 6.54 Å². The second-order valence-electron chi connectivity index (χ2n) is 8.03. The third-order valence-corrected chi connectivity index (χ3v) is 6.58. The minimum absolute atomic E-state index is 0.103. The fourth-order valence-corrected chi connectivity index (χ4v) is 5.39. The van der Waals surface area contributed by atoms with Crippen molar-refractivity contribution in [2.24, 2.45) is 17.8 Å². The van der Waals surface area contributed by atoms with Gasteiger partial charge in [0.1, 0.15) is 0 Å². The summed E-state index contributed by atoms with van der Waals surface area (Å²) in [6.07, 6.45) is 11.6. The van der Waals surface area contributed by atoms with E-state index >= 15 is 0 Å². The fraction of sp³-hybridized carbons (Fsp3) is 0.889. The van der Waals surface area contributed by atoms with Gasteiger partial charge in [-0.25, -0.2) is 0 Å². The van der Waals surface area contributed by atoms with E-state index in [9.17, 15) is 9.59 Å². The molecule has 0 aromatic heterocycles. The Morgan fingerprint density at radius 2 is 1.86 bits per heavy atom. The van der Waals surface area contributed by atoms with Crippen molar-refractivity contribution in [1.82, 2.24) is 10.2 Å². The number of rotatable bonds is 3. The number of nitrogens with one attached hydrogen (secondary N) is 1. The second-order valence-corrected chi connectivity index (χ2v) is 8.03. The zero-order valence-electron chi connectivity index (χ0n) is 13.4. The van der Waals surface area contributed by atoms with E-state index in [2.05, 4.69) is 10.2 Å². The molecule has 4 nitrogen and oxygen atoms in total. The Morgan fingerprint density at radius 3 is 2.55 bits per heavy atom. The summed E-state index contributed by atoms with van der Waals surface area (Å²) in [6.45, 7) is 0.672. The standard InChI is InChI=1S/C18H28N2O2/c21-17-10-14(18(22)19-15-4-2-1-3-5-15)11-20(17)16-9-12-6-7-13(16)8-12/h12-16H,1-11H2,(H,19,22). The minimum Gasteiger partial charge on any atom is -0.353 e. The van der Waals surface area contributed by atoms with Gasteiger partial charge in [-0.1, -0.05) is 25.7 Å². The Bertz CT molecular complexity index is 458. The Balaban J connectivity index is 1.34. The summed E-state index contributed by atoms with van der Waals surface area (Å²) in [5.41, 5.74) is 0. The largest absolute Gasteiger partial charge is 0.353 e. The van der Waals surface area contributed by atoms with E-state index in [1.807, 2.05) is 0 Å². The van der Waals surface area contributed by atoms with Gasteiger partial charge in [0.25, 0.3) is 0 Å². The van der Waals surface area contributed by atoms with Crippen LogP contribution < -0.4 is 5.32 Å². The van der Waals surface area contributed by atoms with E-state index < -0.39 is 0 Å². The number of fused-ring (bicyclic) bond motifs is 2. The predicted octanol–water partition coefficient (Wildman–Crippen LogP) is 2.47. The first-order valence-electron chi connectivity index (χ1n) is 9.30. The van der Waals surface area contributed by atoms with Crippen LogP contribution in [0.2, 0.25) is 0 Å². The summed E-state index contributed by atoms with van der Waals surface area (Å²) < 4.78 is 0. The van der Waals surface area contributed by atoms with Gasteiger partial charge in [-0.05, 0) is 43.9 Å². The fourth-order valence-electron chi connectivity index (χ4n) is 5.39. The van der Waals surface area contributed by atoms with Crippen LogP contribution in [0.4, 0.5) is 0 Å². The zero-order valence-corrected chi connectivity index (χ0v) is 13.4. The van der Waals surface area contributed by atoms with Crippen LogP contribution in [0, 0.1) is 17.8 Å². The molecule has 4 fully saturated rings. The molecule has 0 aromatic rings. The van der Waals surface area contributed by atoms with Crippen molar-refractivity contribution in [1.29, 1.82) is 0 Å². The highest BCUT2D eigenvalue weighted by atomic mass is 16.2. The lowest BCUT2D eigenvalue weighted by molar-refractivity contribution is -0.131. The van der Waals surface area contributed by atoms with Crippen LogP contribution in [0.25, 0.3) is 0 Å². The van der Waals surface area contributed by atoms with Crippen molar-refractivity contribution < 1.29 is 9.59 Å². The van der Waals surface area contributed by atoms with Crippen LogP contribution in [0.5, 0.6) is 0 Å². The predicted molar refractivity (Wildman–Crippen MR) is 84.1 cm³/mol. The molecule has 3 saturated carbocycles. The van der Waals surface area contributed by atoms with E-state index in [1.54, 1.807) is 0 Å². The number of nitrogens with zero attached hydrogens (tertiary/aromatic N) is 1. The second kappa shape index (κ2) is 5.86. The molecule has 0 radical (unpaired) electrons. The number of carbonyl (C=O) groups is 2. The molecule has 1 heterocycles. The van der Waals surface area contributed by atoms with Crippen LogP contribution in [-0.2, 0) is 9.59 Å². The molecular formula is C18H28N2O2. The first-order valence-corrected chi connectivity index (χ1v) is 9.30. The maximum Gasteiger partial charge on any atom is 0.225 e. The number of hydrogen-bond donors (Lipinski definition) is 1. The number of carbonyl (C=O) groups excluding carboxylic acids is 2. The monoisotopic (exact) mass is 304 g/mol. The zero-order chi connectivity index (χ0) is 15.1. The maximum absolute atomic E-state index is 12.5. The molecule has 1 aliphatic heterocycles. The SMILES string of the molecule is O=C(NC1CCCCC1)C1CC(=O)N(C2CC3CCC2C3)C1. The van der Waals surface area contributed by atoms with Crippen molar-refractivity contribution in [2.45, 2.75) is 76.3 Å². The molecule has 3 aliphatic carbocycles. The molecular weight excluding hydrogens is 276 g/mol. The van der Waals surface area contributed by atoms with Gasteiger partial charge in [0, 0.05) is 25.0 Å². The Labute approximate surface area is 133 Å². The molecule has 2 amide bonds. The van der Waals surface area contributed by atoms with Crippen LogP contribution in [0.3, 0.4) is 0 Å². The molecule has 2 bridgehead atoms. The van der Waals surface area contributed by atoms with E-state index in [-0.39, 0.29) is 17.7 Å². The molecule has 0 spiro atoms. The summed E-state index contributed by atoms with van der Waals surface area (Å²) in [7, 11) is 0. The summed E-state index contributed by atoms with van der Waals surface area (Å²) in [5, 5.41) is 3.21. The van der Waals surface area contributed by atoms with Crippen molar-refractivity contribution in [3.63, 3.8) is 0 Å². The van der Waals surface area contributed by atoms with Gasteiger partial charge >= 0.3 is 0 Å². The molecule has 4 unspecified atom stereocenters. The maximum atomic E-state index is 12.5. The van der Waals surface area contributed by atoms with E-state index in [1.165, 1.54) is 44.9 Å². The number of amides is 2. The van der Waals surface area contributed by atoms with Crippen molar-refractivity contribution >= 4 is 11.8 Å². The highest BCUT2D eigenvalue weighted by Gasteiger charge is 2.47. The summed E-state index contributed by atoms with van der Waals surface area (Å²) in [5.74, 6) is 1.81. The molecule has 4 heteroatoms. The smallest absolute Gasteiger partial charge is 0.225 e. The van der Waals surface area contributed by atoms with Crippen LogP contribution in [0.1, 0.15) is 64.2 Å². The number of hydrogen-bond acceptors (Lipinski definition) is 2. The third kappa shape index (κ3) is 2.65. The first kappa shape index (κ1) is 14.5. The Morgan fingerprint density at radius 1 is 1.05 bits per heavy atom. The molecule has 4 rings (SSSR count). The summed E-state index contributed by atoms with van der Waals surface area (Å²) in [4.78, 5) is 26.9. The lowest BCUT2D eigenvalue weighted by Gasteiger charge is -2.31. The van der Waals surface area contributed by atoms with Gasteiger partial charge in [-0.15, -0.1) is 0 Å². The quantitative estimate of drug-likeness (QED) is 0.871.